The van der Waals surface area contributed by atoms with Gasteiger partial charge < -0.3 is 29.0 Å². The maximum Gasteiger partial charge on any atom is 0.416 e. The highest BCUT2D eigenvalue weighted by atomic mass is 19.4. The van der Waals surface area contributed by atoms with Gasteiger partial charge in [0, 0.05) is 11.8 Å². The van der Waals surface area contributed by atoms with Crippen LogP contribution < -0.4 is 5.32 Å². The van der Waals surface area contributed by atoms with Crippen LogP contribution in [0.5, 0.6) is 0 Å². The summed E-state index contributed by atoms with van der Waals surface area (Å²) in [5.41, 5.74) is -0.113. The largest absolute Gasteiger partial charge is 0.460 e. The number of para-hydroxylation sites is 1. The van der Waals surface area contributed by atoms with Crippen LogP contribution in [0.25, 0.3) is 0 Å². The third-order valence-electron chi connectivity index (χ3n) is 4.46. The van der Waals surface area contributed by atoms with Crippen LogP contribution in [0.4, 0.5) is 24.5 Å². The molecule has 0 radical (unpaired) electrons. The van der Waals surface area contributed by atoms with E-state index in [1.54, 1.807) is 18.2 Å². The first kappa shape index (κ1) is 28.8. The van der Waals surface area contributed by atoms with Crippen molar-refractivity contribution in [3.63, 3.8) is 0 Å². The van der Waals surface area contributed by atoms with Crippen LogP contribution in [0.1, 0.15) is 15.9 Å². The molecular formula is C25H28F3NO7. The number of anilines is 2. The van der Waals surface area contributed by atoms with Crippen molar-refractivity contribution in [3.8, 4) is 0 Å². The second kappa shape index (κ2) is 15.6. The number of carbonyl (C=O) groups excluding carboxylic acids is 2. The van der Waals surface area contributed by atoms with Crippen molar-refractivity contribution in [2.24, 2.45) is 0 Å². The lowest BCUT2D eigenvalue weighted by molar-refractivity contribution is -0.139. The Balaban J connectivity index is 1.63. The van der Waals surface area contributed by atoms with Crippen molar-refractivity contribution in [1.82, 2.24) is 0 Å². The standard InChI is InChI=1S/C25H28F3NO7/c1-2-23(30)35-16-14-33-12-10-32-11-13-34-15-17-36-24(31)21-8-3-4-9-22(21)29-20-7-5-6-19(18-20)25(26,27)28/h2-9,18,29H,1,10-17H2. The highest BCUT2D eigenvalue weighted by Gasteiger charge is 2.30. The number of carbonyl (C=O) groups is 2. The smallest absolute Gasteiger partial charge is 0.416 e. The predicted octanol–water partition coefficient (Wildman–Crippen LogP) is 4.38. The zero-order valence-corrected chi connectivity index (χ0v) is 19.6. The molecule has 0 aliphatic heterocycles. The summed E-state index contributed by atoms with van der Waals surface area (Å²) in [6.07, 6.45) is -3.40. The van der Waals surface area contributed by atoms with Crippen molar-refractivity contribution in [3.05, 3.63) is 72.3 Å². The number of nitrogens with one attached hydrogen (secondary N) is 1. The minimum atomic E-state index is -4.47. The molecule has 0 aromatic heterocycles. The number of alkyl halides is 3. The average Bonchev–Trinajstić information content (AvgIpc) is 2.86. The molecule has 0 heterocycles. The molecule has 11 heteroatoms. The zero-order chi connectivity index (χ0) is 26.2. The summed E-state index contributed by atoms with van der Waals surface area (Å²) in [6, 6.07) is 11.0. The van der Waals surface area contributed by atoms with Gasteiger partial charge in [-0.15, -0.1) is 0 Å². The fourth-order valence-electron chi connectivity index (χ4n) is 2.77. The van der Waals surface area contributed by atoms with Gasteiger partial charge >= 0.3 is 18.1 Å². The Labute approximate surface area is 206 Å². The van der Waals surface area contributed by atoms with Crippen LogP contribution in [-0.4, -0.2) is 64.8 Å². The molecule has 0 fully saturated rings. The van der Waals surface area contributed by atoms with Crippen LogP contribution in [0.2, 0.25) is 0 Å². The second-order valence-electron chi connectivity index (χ2n) is 7.09. The van der Waals surface area contributed by atoms with Gasteiger partial charge in [0.05, 0.1) is 56.5 Å². The Morgan fingerprint density at radius 2 is 1.39 bits per heavy atom. The summed E-state index contributed by atoms with van der Waals surface area (Å²) in [4.78, 5) is 23.3. The van der Waals surface area contributed by atoms with E-state index in [1.165, 1.54) is 18.2 Å². The molecule has 0 aliphatic rings. The SMILES string of the molecule is C=CC(=O)OCCOCCOCCOCCOC(=O)c1ccccc1Nc1cccc(C(F)(F)F)c1. The lowest BCUT2D eigenvalue weighted by Crippen LogP contribution is -2.15. The molecule has 0 amide bonds. The van der Waals surface area contributed by atoms with E-state index in [4.69, 9.17) is 23.7 Å². The molecule has 0 aliphatic carbocycles. The van der Waals surface area contributed by atoms with E-state index < -0.39 is 23.7 Å². The monoisotopic (exact) mass is 511 g/mol. The van der Waals surface area contributed by atoms with Crippen molar-refractivity contribution < 1.29 is 46.4 Å². The number of halogens is 3. The molecule has 2 aromatic carbocycles. The van der Waals surface area contributed by atoms with Gasteiger partial charge in [-0.25, -0.2) is 9.59 Å². The molecule has 0 spiro atoms. The maximum absolute atomic E-state index is 12.9. The molecule has 0 unspecified atom stereocenters. The van der Waals surface area contributed by atoms with Gasteiger partial charge in [-0.2, -0.15) is 13.2 Å². The van der Waals surface area contributed by atoms with Gasteiger partial charge in [0.15, 0.2) is 0 Å². The first-order valence-corrected chi connectivity index (χ1v) is 11.0. The highest BCUT2D eigenvalue weighted by molar-refractivity contribution is 5.96. The third-order valence-corrected chi connectivity index (χ3v) is 4.46. The predicted molar refractivity (Wildman–Crippen MR) is 125 cm³/mol. The summed E-state index contributed by atoms with van der Waals surface area (Å²) in [6.45, 7) is 5.06. The fourth-order valence-corrected chi connectivity index (χ4v) is 2.77. The van der Waals surface area contributed by atoms with E-state index in [0.29, 0.717) is 25.5 Å². The maximum atomic E-state index is 12.9. The van der Waals surface area contributed by atoms with Gasteiger partial charge in [-0.05, 0) is 30.3 Å². The molecule has 0 atom stereocenters. The van der Waals surface area contributed by atoms with Crippen molar-refractivity contribution in [2.45, 2.75) is 6.18 Å². The van der Waals surface area contributed by atoms with E-state index >= 15 is 0 Å². The van der Waals surface area contributed by atoms with Crippen LogP contribution in [-0.2, 0) is 34.7 Å². The molecule has 2 rings (SSSR count). The fraction of sp³-hybridized carbons (Fsp3) is 0.360. The minimum Gasteiger partial charge on any atom is -0.460 e. The summed E-state index contributed by atoms with van der Waals surface area (Å²) in [7, 11) is 0. The van der Waals surface area contributed by atoms with Crippen molar-refractivity contribution in [1.29, 1.82) is 0 Å². The first-order valence-electron chi connectivity index (χ1n) is 11.0. The van der Waals surface area contributed by atoms with Crippen molar-refractivity contribution in [2.75, 3.05) is 58.2 Å². The normalized spacial score (nSPS) is 11.1. The molecule has 36 heavy (non-hydrogen) atoms. The molecule has 8 nitrogen and oxygen atoms in total. The zero-order valence-electron chi connectivity index (χ0n) is 19.6. The van der Waals surface area contributed by atoms with Crippen LogP contribution in [0.3, 0.4) is 0 Å². The average molecular weight is 511 g/mol. The summed E-state index contributed by atoms with van der Waals surface area (Å²) >= 11 is 0. The number of hydrogen-bond acceptors (Lipinski definition) is 8. The van der Waals surface area contributed by atoms with Gasteiger partial charge in [0.2, 0.25) is 0 Å². The number of hydrogen-bond donors (Lipinski definition) is 1. The lowest BCUT2D eigenvalue weighted by atomic mass is 10.1. The van der Waals surface area contributed by atoms with E-state index in [0.717, 1.165) is 18.2 Å². The van der Waals surface area contributed by atoms with Crippen molar-refractivity contribution >= 4 is 23.3 Å². The molecule has 1 N–H and O–H groups in total. The quantitative estimate of drug-likeness (QED) is 0.202. The Hall–Kier alpha value is -3.41. The summed E-state index contributed by atoms with van der Waals surface area (Å²) < 4.78 is 64.7. The van der Waals surface area contributed by atoms with Gasteiger partial charge in [0.25, 0.3) is 0 Å². The van der Waals surface area contributed by atoms with E-state index in [9.17, 15) is 22.8 Å². The van der Waals surface area contributed by atoms with Crippen LogP contribution >= 0.6 is 0 Å². The molecule has 2 aromatic rings. The van der Waals surface area contributed by atoms with Gasteiger partial charge in [-0.1, -0.05) is 24.8 Å². The van der Waals surface area contributed by atoms with Gasteiger partial charge in [-0.3, -0.25) is 0 Å². The number of ether oxygens (including phenoxy) is 5. The van der Waals surface area contributed by atoms with Crippen LogP contribution in [0.15, 0.2) is 61.2 Å². The Kier molecular flexibility index (Phi) is 12.5. The third kappa shape index (κ3) is 10.9. The second-order valence-corrected chi connectivity index (χ2v) is 7.09. The lowest BCUT2D eigenvalue weighted by Gasteiger charge is -2.13. The molecule has 0 saturated carbocycles. The van der Waals surface area contributed by atoms with Gasteiger partial charge in [0.1, 0.15) is 13.2 Å². The topological polar surface area (TPSA) is 92.3 Å². The summed E-state index contributed by atoms with van der Waals surface area (Å²) in [5, 5.41) is 2.84. The Morgan fingerprint density at radius 3 is 2.00 bits per heavy atom. The molecule has 196 valence electrons. The first-order chi connectivity index (χ1) is 17.3. The van der Waals surface area contributed by atoms with E-state index in [1.807, 2.05) is 0 Å². The summed E-state index contributed by atoms with van der Waals surface area (Å²) in [5.74, 6) is -1.14. The number of rotatable bonds is 16. The van der Waals surface area contributed by atoms with Crippen LogP contribution in [0, 0.1) is 0 Å². The molecular weight excluding hydrogens is 483 g/mol. The molecule has 0 saturated heterocycles. The van der Waals surface area contributed by atoms with E-state index in [2.05, 4.69) is 11.9 Å². The Bertz CT molecular complexity index is 982. The minimum absolute atomic E-state index is 0.0106. The van der Waals surface area contributed by atoms with E-state index in [-0.39, 0.29) is 44.3 Å². The Morgan fingerprint density at radius 1 is 0.806 bits per heavy atom. The highest BCUT2D eigenvalue weighted by Crippen LogP contribution is 2.32. The molecule has 0 bridgehead atoms. The number of benzene rings is 2. The number of esters is 2.